The van der Waals surface area contributed by atoms with Crippen molar-refractivity contribution < 1.29 is 4.74 Å². The zero-order valence-electron chi connectivity index (χ0n) is 13.7. The second kappa shape index (κ2) is 5.64. The van der Waals surface area contributed by atoms with Gasteiger partial charge in [-0.3, -0.25) is 0 Å². The van der Waals surface area contributed by atoms with Gasteiger partial charge in [0.25, 0.3) is 0 Å². The topological polar surface area (TPSA) is 35.2 Å². The molecule has 0 radical (unpaired) electrons. The van der Waals surface area contributed by atoms with Crippen molar-refractivity contribution in [1.82, 2.24) is 0 Å². The second-order valence-corrected chi connectivity index (χ2v) is 7.91. The Kier molecular flexibility index (Phi) is 4.00. The fourth-order valence-corrected chi connectivity index (χ4v) is 4.22. The summed E-state index contributed by atoms with van der Waals surface area (Å²) in [6.45, 7) is 8.77. The lowest BCUT2D eigenvalue weighted by atomic mass is 9.64. The Balaban J connectivity index is 1.92. The molecule has 0 saturated heterocycles. The van der Waals surface area contributed by atoms with Gasteiger partial charge in [0, 0.05) is 6.42 Å². The van der Waals surface area contributed by atoms with E-state index in [1.807, 2.05) is 0 Å². The number of para-hydroxylation sites is 1. The third-order valence-corrected chi connectivity index (χ3v) is 5.67. The molecule has 1 aromatic rings. The lowest BCUT2D eigenvalue weighted by Crippen LogP contribution is -2.34. The van der Waals surface area contributed by atoms with Crippen molar-refractivity contribution in [3.63, 3.8) is 0 Å². The van der Waals surface area contributed by atoms with Crippen LogP contribution in [-0.4, -0.2) is 13.2 Å². The molecule has 1 aromatic carbocycles. The Morgan fingerprint density at radius 1 is 1.24 bits per heavy atom. The normalized spacial score (nSPS) is 29.0. The first kappa shape index (κ1) is 14.9. The minimum absolute atomic E-state index is 0.386. The molecule has 0 aromatic heterocycles. The molecule has 2 N–H and O–H groups in total. The van der Waals surface area contributed by atoms with Crippen LogP contribution in [0.4, 0.5) is 0 Å². The van der Waals surface area contributed by atoms with E-state index >= 15 is 0 Å². The average molecular weight is 287 g/mol. The fraction of sp³-hybridized carbons (Fsp3) is 0.684. The van der Waals surface area contributed by atoms with Gasteiger partial charge in [0.05, 0.1) is 6.61 Å². The summed E-state index contributed by atoms with van der Waals surface area (Å²) in [7, 11) is 0. The number of hydrogen-bond acceptors (Lipinski definition) is 2. The molecule has 0 bridgehead atoms. The minimum Gasteiger partial charge on any atom is -0.493 e. The number of hydrogen-bond donors (Lipinski definition) is 1. The standard InChI is InChI=1S/C19H29NO/c1-19(2,3)15-8-7-14(12-20)17(11-15)16-6-4-5-13-9-10-21-18(13)16/h4-6,14-15,17H,7-12,20H2,1-3H3. The Hall–Kier alpha value is -1.02. The number of rotatable bonds is 2. The second-order valence-electron chi connectivity index (χ2n) is 7.91. The highest BCUT2D eigenvalue weighted by Crippen LogP contribution is 2.49. The molecule has 3 rings (SSSR count). The molecule has 1 aliphatic heterocycles. The lowest BCUT2D eigenvalue weighted by molar-refractivity contribution is 0.132. The van der Waals surface area contributed by atoms with Crippen LogP contribution in [0.3, 0.4) is 0 Å². The van der Waals surface area contributed by atoms with E-state index in [0.717, 1.165) is 25.5 Å². The molecule has 116 valence electrons. The SMILES string of the molecule is CC(C)(C)C1CCC(CN)C(c2cccc3c2OCC3)C1. The molecule has 2 aliphatic rings. The van der Waals surface area contributed by atoms with Crippen LogP contribution < -0.4 is 10.5 Å². The lowest BCUT2D eigenvalue weighted by Gasteiger charge is -2.42. The largest absolute Gasteiger partial charge is 0.493 e. The molecule has 2 heteroatoms. The van der Waals surface area contributed by atoms with Crippen molar-refractivity contribution >= 4 is 0 Å². The van der Waals surface area contributed by atoms with Gasteiger partial charge >= 0.3 is 0 Å². The Morgan fingerprint density at radius 3 is 2.76 bits per heavy atom. The van der Waals surface area contributed by atoms with E-state index in [-0.39, 0.29) is 0 Å². The van der Waals surface area contributed by atoms with Gasteiger partial charge in [-0.1, -0.05) is 39.0 Å². The molecule has 1 heterocycles. The van der Waals surface area contributed by atoms with Crippen LogP contribution in [-0.2, 0) is 6.42 Å². The van der Waals surface area contributed by atoms with Crippen molar-refractivity contribution in [3.05, 3.63) is 29.3 Å². The molecule has 3 unspecified atom stereocenters. The van der Waals surface area contributed by atoms with Crippen LogP contribution in [0.25, 0.3) is 0 Å². The number of benzene rings is 1. The first-order chi connectivity index (χ1) is 10.0. The third kappa shape index (κ3) is 2.83. The van der Waals surface area contributed by atoms with Crippen LogP contribution in [0.15, 0.2) is 18.2 Å². The molecule has 1 fully saturated rings. The monoisotopic (exact) mass is 287 g/mol. The predicted octanol–water partition coefficient (Wildman–Crippen LogP) is 4.13. The Morgan fingerprint density at radius 2 is 2.05 bits per heavy atom. The van der Waals surface area contributed by atoms with Crippen LogP contribution in [0, 0.1) is 17.3 Å². The summed E-state index contributed by atoms with van der Waals surface area (Å²) in [6, 6.07) is 6.70. The van der Waals surface area contributed by atoms with Crippen molar-refractivity contribution in [2.45, 2.75) is 52.4 Å². The zero-order valence-corrected chi connectivity index (χ0v) is 13.7. The van der Waals surface area contributed by atoms with E-state index in [1.54, 1.807) is 0 Å². The van der Waals surface area contributed by atoms with Gasteiger partial charge in [0.15, 0.2) is 0 Å². The summed E-state index contributed by atoms with van der Waals surface area (Å²) in [5.41, 5.74) is 9.29. The third-order valence-electron chi connectivity index (χ3n) is 5.67. The van der Waals surface area contributed by atoms with Crippen LogP contribution in [0.2, 0.25) is 0 Å². The smallest absolute Gasteiger partial charge is 0.126 e. The van der Waals surface area contributed by atoms with Gasteiger partial charge in [0.2, 0.25) is 0 Å². The van der Waals surface area contributed by atoms with E-state index in [2.05, 4.69) is 39.0 Å². The quantitative estimate of drug-likeness (QED) is 0.887. The summed E-state index contributed by atoms with van der Waals surface area (Å²) >= 11 is 0. The Bertz CT molecular complexity index is 503. The molecule has 1 aliphatic carbocycles. The highest BCUT2D eigenvalue weighted by molar-refractivity contribution is 5.46. The summed E-state index contributed by atoms with van der Waals surface area (Å²) in [6.07, 6.45) is 4.89. The van der Waals surface area contributed by atoms with E-state index in [1.165, 1.54) is 36.1 Å². The van der Waals surface area contributed by atoms with E-state index in [0.29, 0.717) is 17.3 Å². The summed E-state index contributed by atoms with van der Waals surface area (Å²) in [5.74, 6) is 3.14. The number of ether oxygens (including phenoxy) is 1. The van der Waals surface area contributed by atoms with E-state index in [9.17, 15) is 0 Å². The maximum atomic E-state index is 6.09. The van der Waals surface area contributed by atoms with Gasteiger partial charge in [0.1, 0.15) is 5.75 Å². The van der Waals surface area contributed by atoms with Crippen LogP contribution in [0.5, 0.6) is 5.75 Å². The molecule has 2 nitrogen and oxygen atoms in total. The van der Waals surface area contributed by atoms with Gasteiger partial charge in [-0.2, -0.15) is 0 Å². The van der Waals surface area contributed by atoms with Crippen LogP contribution in [0.1, 0.15) is 57.1 Å². The van der Waals surface area contributed by atoms with Crippen molar-refractivity contribution in [2.24, 2.45) is 23.0 Å². The van der Waals surface area contributed by atoms with Gasteiger partial charge < -0.3 is 10.5 Å². The maximum absolute atomic E-state index is 6.09. The average Bonchev–Trinajstić information content (AvgIpc) is 2.94. The molecule has 3 atom stereocenters. The molecule has 0 spiro atoms. The number of fused-ring (bicyclic) bond motifs is 1. The van der Waals surface area contributed by atoms with Crippen LogP contribution >= 0.6 is 0 Å². The summed E-state index contributed by atoms with van der Waals surface area (Å²) in [4.78, 5) is 0. The van der Waals surface area contributed by atoms with Crippen molar-refractivity contribution in [3.8, 4) is 5.75 Å². The molecular weight excluding hydrogens is 258 g/mol. The first-order valence-corrected chi connectivity index (χ1v) is 8.45. The highest BCUT2D eigenvalue weighted by Gasteiger charge is 2.37. The van der Waals surface area contributed by atoms with Crippen molar-refractivity contribution in [2.75, 3.05) is 13.2 Å². The maximum Gasteiger partial charge on any atom is 0.126 e. The number of nitrogens with two attached hydrogens (primary N) is 1. The predicted molar refractivity (Wildman–Crippen MR) is 87.7 cm³/mol. The van der Waals surface area contributed by atoms with Gasteiger partial charge in [-0.15, -0.1) is 0 Å². The Labute approximate surface area is 129 Å². The molecule has 0 amide bonds. The summed E-state index contributed by atoms with van der Waals surface area (Å²) in [5, 5.41) is 0. The molecular formula is C19H29NO. The molecule has 1 saturated carbocycles. The van der Waals surface area contributed by atoms with E-state index in [4.69, 9.17) is 10.5 Å². The van der Waals surface area contributed by atoms with Gasteiger partial charge in [-0.25, -0.2) is 0 Å². The zero-order chi connectivity index (χ0) is 15.0. The van der Waals surface area contributed by atoms with E-state index < -0.39 is 0 Å². The van der Waals surface area contributed by atoms with Crippen molar-refractivity contribution in [1.29, 1.82) is 0 Å². The minimum atomic E-state index is 0.386. The molecule has 21 heavy (non-hydrogen) atoms. The fourth-order valence-electron chi connectivity index (χ4n) is 4.22. The summed E-state index contributed by atoms with van der Waals surface area (Å²) < 4.78 is 5.96. The van der Waals surface area contributed by atoms with Gasteiger partial charge in [-0.05, 0) is 60.1 Å². The first-order valence-electron chi connectivity index (χ1n) is 8.45. The highest BCUT2D eigenvalue weighted by atomic mass is 16.5.